The van der Waals surface area contributed by atoms with Gasteiger partial charge in [-0.3, -0.25) is 9.36 Å². The maximum Gasteiger partial charge on any atom is 0.373 e. The maximum atomic E-state index is 10.4. The number of ketones is 1. The third-order valence-electron chi connectivity index (χ3n) is 0.974. The minimum absolute atomic E-state index is 0. The van der Waals surface area contributed by atoms with Gasteiger partial charge in [0.15, 0.2) is 8.03 Å². The lowest BCUT2D eigenvalue weighted by atomic mass is 10.3. The highest BCUT2D eigenvalue weighted by Gasteiger charge is 2.23. The van der Waals surface area contributed by atoms with E-state index in [4.69, 9.17) is 10.00 Å². The van der Waals surface area contributed by atoms with Crippen LogP contribution in [-0.2, 0) is 14.2 Å². The topological polar surface area (TPSA) is 91.7 Å². The standard InChI is InChI=1S/C4H7O5P.CH4/c1-2(10(8)9)3(5)4(6)7;/h2,10H,1H3,(H,6,7)(H,8,9);1H4. The third kappa shape index (κ3) is 3.91. The van der Waals surface area contributed by atoms with Gasteiger partial charge in [-0.25, -0.2) is 4.79 Å². The van der Waals surface area contributed by atoms with E-state index < -0.39 is 25.4 Å². The molecule has 6 heteroatoms. The van der Waals surface area contributed by atoms with Crippen LogP contribution in [0, 0.1) is 0 Å². The maximum absolute atomic E-state index is 10.4. The highest BCUT2D eigenvalue weighted by atomic mass is 31.1. The van der Waals surface area contributed by atoms with E-state index >= 15 is 0 Å². The molecule has 0 aromatic heterocycles. The first kappa shape index (κ1) is 13.0. The van der Waals surface area contributed by atoms with Crippen molar-refractivity contribution >= 4 is 19.8 Å². The van der Waals surface area contributed by atoms with Crippen LogP contribution >= 0.6 is 8.03 Å². The molecule has 5 nitrogen and oxygen atoms in total. The van der Waals surface area contributed by atoms with Gasteiger partial charge in [0.25, 0.3) is 5.78 Å². The van der Waals surface area contributed by atoms with Crippen LogP contribution in [-0.4, -0.2) is 27.4 Å². The van der Waals surface area contributed by atoms with Crippen LogP contribution in [0.3, 0.4) is 0 Å². The smallest absolute Gasteiger partial charge is 0.373 e. The molecular weight excluding hydrogens is 171 g/mol. The minimum atomic E-state index is -3.04. The molecule has 0 saturated heterocycles. The monoisotopic (exact) mass is 182 g/mol. The second-order valence-electron chi connectivity index (χ2n) is 1.73. The van der Waals surface area contributed by atoms with E-state index in [0.717, 1.165) is 6.92 Å². The summed E-state index contributed by atoms with van der Waals surface area (Å²) < 4.78 is 10.1. The predicted molar refractivity (Wildman–Crippen MR) is 40.1 cm³/mol. The Labute approximate surface area is 64.9 Å². The molecule has 11 heavy (non-hydrogen) atoms. The summed E-state index contributed by atoms with van der Waals surface area (Å²) in [6.07, 6.45) is 0. The summed E-state index contributed by atoms with van der Waals surface area (Å²) >= 11 is 0. The summed E-state index contributed by atoms with van der Waals surface area (Å²) in [5.74, 6) is -2.88. The van der Waals surface area contributed by atoms with Gasteiger partial charge in [0, 0.05) is 0 Å². The van der Waals surface area contributed by atoms with E-state index in [0.29, 0.717) is 0 Å². The zero-order valence-electron chi connectivity index (χ0n) is 5.20. The van der Waals surface area contributed by atoms with Crippen LogP contribution in [0.15, 0.2) is 0 Å². The molecule has 0 saturated carbocycles. The Kier molecular flexibility index (Phi) is 5.94. The van der Waals surface area contributed by atoms with E-state index in [1.807, 2.05) is 0 Å². The first-order valence-corrected chi connectivity index (χ1v) is 3.90. The summed E-state index contributed by atoms with van der Waals surface area (Å²) in [6.45, 7) is 1.11. The Balaban J connectivity index is 0. The van der Waals surface area contributed by atoms with Gasteiger partial charge < -0.3 is 10.00 Å². The largest absolute Gasteiger partial charge is 0.475 e. The van der Waals surface area contributed by atoms with Crippen molar-refractivity contribution in [2.45, 2.75) is 20.0 Å². The number of aliphatic carboxylic acids is 1. The molecule has 0 fully saturated rings. The Hall–Kier alpha value is -0.670. The number of carboxylic acids is 1. The van der Waals surface area contributed by atoms with Crippen LogP contribution in [0.2, 0.25) is 0 Å². The van der Waals surface area contributed by atoms with Gasteiger partial charge in [0.2, 0.25) is 0 Å². The normalized spacial score (nSPS) is 14.4. The summed E-state index contributed by atoms with van der Waals surface area (Å²) in [6, 6.07) is 0. The highest BCUT2D eigenvalue weighted by Crippen LogP contribution is 2.21. The molecule has 0 bridgehead atoms. The van der Waals surface area contributed by atoms with E-state index in [2.05, 4.69) is 0 Å². The van der Waals surface area contributed by atoms with Gasteiger partial charge >= 0.3 is 5.97 Å². The van der Waals surface area contributed by atoms with Crippen molar-refractivity contribution in [3.05, 3.63) is 0 Å². The molecule has 0 rings (SSSR count). The number of hydrogen-bond acceptors (Lipinski definition) is 3. The fourth-order valence-corrected chi connectivity index (χ4v) is 0.645. The van der Waals surface area contributed by atoms with Gasteiger partial charge in [0.05, 0.1) is 0 Å². The fourth-order valence-electron chi connectivity index (χ4n) is 0.297. The average molecular weight is 182 g/mol. The third-order valence-corrected chi connectivity index (χ3v) is 1.98. The molecule has 0 amide bonds. The van der Waals surface area contributed by atoms with Gasteiger partial charge in [-0.15, -0.1) is 0 Å². The van der Waals surface area contributed by atoms with Crippen molar-refractivity contribution in [1.29, 1.82) is 0 Å². The zero-order valence-corrected chi connectivity index (χ0v) is 6.20. The summed E-state index contributed by atoms with van der Waals surface area (Å²) in [5, 5.41) is 8.02. The second kappa shape index (κ2) is 5.04. The number of Topliss-reactive ketones (excluding diaryl/α,β-unsaturated/α-hetero) is 1. The number of carboxylic acid groups (broad SMARTS) is 1. The number of carbonyl (C=O) groups excluding carboxylic acids is 1. The Bertz CT molecular complexity index is 187. The van der Waals surface area contributed by atoms with Crippen LogP contribution in [0.25, 0.3) is 0 Å². The molecule has 2 unspecified atom stereocenters. The fraction of sp³-hybridized carbons (Fsp3) is 0.600. The van der Waals surface area contributed by atoms with Crippen LogP contribution < -0.4 is 0 Å². The summed E-state index contributed by atoms with van der Waals surface area (Å²) in [4.78, 5) is 28.5. The Morgan fingerprint density at radius 3 is 1.91 bits per heavy atom. The molecule has 0 spiro atoms. The molecule has 0 aromatic carbocycles. The molecule has 2 atom stereocenters. The van der Waals surface area contributed by atoms with Crippen molar-refractivity contribution < 1.29 is 24.2 Å². The van der Waals surface area contributed by atoms with Crippen molar-refractivity contribution in [1.82, 2.24) is 0 Å². The predicted octanol–water partition coefficient (Wildman–Crippen LogP) is 0.132. The second-order valence-corrected chi connectivity index (χ2v) is 3.27. The minimum Gasteiger partial charge on any atom is -0.475 e. The molecule has 66 valence electrons. The molecular formula is C5H11O5P. The van der Waals surface area contributed by atoms with Crippen molar-refractivity contribution in [2.24, 2.45) is 0 Å². The quantitative estimate of drug-likeness (QED) is 0.478. The summed E-state index contributed by atoms with van der Waals surface area (Å²) in [5.41, 5.74) is -1.28. The van der Waals surface area contributed by atoms with Gasteiger partial charge in [0.1, 0.15) is 5.66 Å². The molecule has 0 aliphatic rings. The Morgan fingerprint density at radius 1 is 1.45 bits per heavy atom. The van der Waals surface area contributed by atoms with E-state index in [-0.39, 0.29) is 7.43 Å². The lowest BCUT2D eigenvalue weighted by Gasteiger charge is -1.99. The van der Waals surface area contributed by atoms with Crippen molar-refractivity contribution in [3.63, 3.8) is 0 Å². The first-order chi connectivity index (χ1) is 4.46. The van der Waals surface area contributed by atoms with Gasteiger partial charge in [-0.05, 0) is 6.92 Å². The lowest BCUT2D eigenvalue weighted by molar-refractivity contribution is -0.148. The molecule has 0 aliphatic heterocycles. The van der Waals surface area contributed by atoms with Crippen molar-refractivity contribution in [2.75, 3.05) is 0 Å². The highest BCUT2D eigenvalue weighted by molar-refractivity contribution is 7.40. The lowest BCUT2D eigenvalue weighted by Crippen LogP contribution is -2.22. The SMILES string of the molecule is C.CC(C(=O)C(=O)O)[PH](=O)O. The first-order valence-electron chi connectivity index (χ1n) is 2.46. The zero-order chi connectivity index (χ0) is 8.31. The molecule has 0 aliphatic carbocycles. The number of hydrogen-bond donors (Lipinski definition) is 2. The van der Waals surface area contributed by atoms with E-state index in [9.17, 15) is 14.2 Å². The van der Waals surface area contributed by atoms with Crippen LogP contribution in [0.5, 0.6) is 0 Å². The molecule has 0 aromatic rings. The van der Waals surface area contributed by atoms with Crippen LogP contribution in [0.1, 0.15) is 14.4 Å². The average Bonchev–Trinajstić information content (AvgIpc) is 1.84. The van der Waals surface area contributed by atoms with E-state index in [1.165, 1.54) is 0 Å². The summed E-state index contributed by atoms with van der Waals surface area (Å²) in [7, 11) is -3.04. The number of carbonyl (C=O) groups is 2. The van der Waals surface area contributed by atoms with E-state index in [1.54, 1.807) is 0 Å². The Morgan fingerprint density at radius 2 is 1.82 bits per heavy atom. The number of rotatable bonds is 3. The van der Waals surface area contributed by atoms with Crippen LogP contribution in [0.4, 0.5) is 0 Å². The van der Waals surface area contributed by atoms with Gasteiger partial charge in [-0.2, -0.15) is 0 Å². The molecule has 0 radical (unpaired) electrons. The molecule has 0 heterocycles. The van der Waals surface area contributed by atoms with Gasteiger partial charge in [-0.1, -0.05) is 7.43 Å². The molecule has 2 N–H and O–H groups in total. The van der Waals surface area contributed by atoms with Crippen molar-refractivity contribution in [3.8, 4) is 0 Å².